The molecule has 0 fully saturated rings. The van der Waals surface area contributed by atoms with Crippen LogP contribution in [0.1, 0.15) is 50.1 Å². The topological polar surface area (TPSA) is 51.0 Å². The van der Waals surface area contributed by atoms with Crippen LogP contribution in [-0.4, -0.2) is 10.1 Å². The van der Waals surface area contributed by atoms with Crippen molar-refractivity contribution in [1.29, 1.82) is 0 Å². The van der Waals surface area contributed by atoms with Gasteiger partial charge in [-0.3, -0.25) is 5.32 Å². The number of nitrogens with zero attached hydrogens (tertiary/aromatic N) is 2. The predicted octanol–water partition coefficient (Wildman–Crippen LogP) is 4.35. The maximum absolute atomic E-state index is 6.20. The molecule has 2 atom stereocenters. The van der Waals surface area contributed by atoms with Crippen molar-refractivity contribution in [1.82, 2.24) is 15.5 Å². The predicted molar refractivity (Wildman–Crippen MR) is 80.1 cm³/mol. The van der Waals surface area contributed by atoms with Crippen LogP contribution >= 0.6 is 23.2 Å². The second-order valence-electron chi connectivity index (χ2n) is 4.68. The molecule has 0 aliphatic carbocycles. The highest BCUT2D eigenvalue weighted by Crippen LogP contribution is 2.27. The Morgan fingerprint density at radius 1 is 1.25 bits per heavy atom. The summed E-state index contributed by atoms with van der Waals surface area (Å²) in [4.78, 5) is 4.32. The maximum atomic E-state index is 6.20. The molecule has 2 aromatic rings. The van der Waals surface area contributed by atoms with Crippen molar-refractivity contribution in [2.75, 3.05) is 0 Å². The number of nitrogens with one attached hydrogen (secondary N) is 1. The normalized spacial score (nSPS) is 14.2. The van der Waals surface area contributed by atoms with E-state index >= 15 is 0 Å². The quantitative estimate of drug-likeness (QED) is 0.891. The van der Waals surface area contributed by atoms with Crippen LogP contribution in [0.5, 0.6) is 0 Å². The minimum absolute atomic E-state index is 0.0479. The molecule has 6 heteroatoms. The molecule has 20 heavy (non-hydrogen) atoms. The maximum Gasteiger partial charge on any atom is 0.243 e. The Morgan fingerprint density at radius 2 is 2.00 bits per heavy atom. The molecular formula is C14H17Cl2N3O. The van der Waals surface area contributed by atoms with E-state index in [1.54, 1.807) is 6.07 Å². The number of hydrogen-bond donors (Lipinski definition) is 1. The zero-order valence-corrected chi connectivity index (χ0v) is 13.2. The van der Waals surface area contributed by atoms with E-state index in [2.05, 4.69) is 15.5 Å². The summed E-state index contributed by atoms with van der Waals surface area (Å²) in [5.41, 5.74) is 0.984. The minimum Gasteiger partial charge on any atom is -0.338 e. The highest BCUT2D eigenvalue weighted by molar-refractivity contribution is 6.35. The van der Waals surface area contributed by atoms with Crippen LogP contribution in [0.15, 0.2) is 22.7 Å². The first-order chi connectivity index (χ1) is 9.51. The highest BCUT2D eigenvalue weighted by atomic mass is 35.5. The average Bonchev–Trinajstić information content (AvgIpc) is 2.87. The van der Waals surface area contributed by atoms with E-state index in [1.165, 1.54) is 0 Å². The van der Waals surface area contributed by atoms with Crippen LogP contribution in [0.4, 0.5) is 0 Å². The van der Waals surface area contributed by atoms with Gasteiger partial charge in [0.05, 0.1) is 6.04 Å². The number of aryl methyl sites for hydroxylation is 1. The third-order valence-electron chi connectivity index (χ3n) is 3.10. The van der Waals surface area contributed by atoms with Gasteiger partial charge in [-0.25, -0.2) is 0 Å². The smallest absolute Gasteiger partial charge is 0.243 e. The Labute approximate surface area is 128 Å². The lowest BCUT2D eigenvalue weighted by Crippen LogP contribution is -2.23. The van der Waals surface area contributed by atoms with Crippen LogP contribution in [0, 0.1) is 0 Å². The fraction of sp³-hybridized carbons (Fsp3) is 0.429. The fourth-order valence-electron chi connectivity index (χ4n) is 1.98. The number of benzene rings is 1. The first-order valence-corrected chi connectivity index (χ1v) is 7.30. The molecule has 0 aliphatic rings. The van der Waals surface area contributed by atoms with E-state index < -0.39 is 0 Å². The van der Waals surface area contributed by atoms with Gasteiger partial charge in [0.15, 0.2) is 5.82 Å². The monoisotopic (exact) mass is 313 g/mol. The molecule has 1 N–H and O–H groups in total. The van der Waals surface area contributed by atoms with Crippen molar-refractivity contribution in [3.8, 4) is 0 Å². The van der Waals surface area contributed by atoms with Crippen LogP contribution < -0.4 is 5.32 Å². The SMILES string of the molecule is CCc1noc(C(C)NC(C)c2ccc(Cl)cc2Cl)n1. The first kappa shape index (κ1) is 15.3. The third kappa shape index (κ3) is 3.51. The molecule has 108 valence electrons. The number of rotatable bonds is 5. The molecule has 1 aromatic heterocycles. The summed E-state index contributed by atoms with van der Waals surface area (Å²) in [6.45, 7) is 6.00. The standard InChI is InChI=1S/C14H17Cl2N3O/c1-4-13-18-14(20-19-13)9(3)17-8(2)11-6-5-10(15)7-12(11)16/h5-9,17H,4H2,1-3H3. The molecule has 0 aliphatic heterocycles. The molecule has 4 nitrogen and oxygen atoms in total. The largest absolute Gasteiger partial charge is 0.338 e. The Kier molecular flexibility index (Phi) is 5.02. The van der Waals surface area contributed by atoms with Crippen LogP contribution in [0.2, 0.25) is 10.0 Å². The van der Waals surface area contributed by atoms with E-state index in [0.29, 0.717) is 21.8 Å². The molecule has 2 rings (SSSR count). The molecule has 0 saturated heterocycles. The van der Waals surface area contributed by atoms with Gasteiger partial charge in [-0.15, -0.1) is 0 Å². The van der Waals surface area contributed by atoms with Gasteiger partial charge in [0.1, 0.15) is 0 Å². The van der Waals surface area contributed by atoms with Crippen LogP contribution in [0.25, 0.3) is 0 Å². The van der Waals surface area contributed by atoms with Crippen molar-refractivity contribution < 1.29 is 4.52 Å². The second-order valence-corrected chi connectivity index (χ2v) is 5.52. The van der Waals surface area contributed by atoms with E-state index in [4.69, 9.17) is 27.7 Å². The average molecular weight is 314 g/mol. The van der Waals surface area contributed by atoms with E-state index in [1.807, 2.05) is 32.9 Å². The Bertz CT molecular complexity index is 586. The van der Waals surface area contributed by atoms with Gasteiger partial charge in [-0.2, -0.15) is 4.98 Å². The van der Waals surface area contributed by atoms with Gasteiger partial charge >= 0.3 is 0 Å². The summed E-state index contributed by atoms with van der Waals surface area (Å²) in [5, 5.41) is 8.55. The van der Waals surface area contributed by atoms with Crippen LogP contribution in [-0.2, 0) is 6.42 Å². The molecule has 0 radical (unpaired) electrons. The lowest BCUT2D eigenvalue weighted by atomic mass is 10.1. The van der Waals surface area contributed by atoms with Gasteiger partial charge < -0.3 is 4.52 Å². The van der Waals surface area contributed by atoms with E-state index in [-0.39, 0.29) is 12.1 Å². The van der Waals surface area contributed by atoms with Gasteiger partial charge in [0.2, 0.25) is 5.89 Å². The molecule has 0 amide bonds. The summed E-state index contributed by atoms with van der Waals surface area (Å²) >= 11 is 12.1. The lowest BCUT2D eigenvalue weighted by molar-refractivity contribution is 0.325. The molecule has 0 saturated carbocycles. The molecule has 1 heterocycles. The van der Waals surface area contributed by atoms with Crippen LogP contribution in [0.3, 0.4) is 0 Å². The number of halogens is 2. The molecule has 2 unspecified atom stereocenters. The van der Waals surface area contributed by atoms with Crippen molar-refractivity contribution in [3.63, 3.8) is 0 Å². The van der Waals surface area contributed by atoms with E-state index in [0.717, 1.165) is 12.0 Å². The summed E-state index contributed by atoms with van der Waals surface area (Å²) in [5.74, 6) is 1.30. The Morgan fingerprint density at radius 3 is 2.60 bits per heavy atom. The number of aromatic nitrogens is 2. The van der Waals surface area contributed by atoms with E-state index in [9.17, 15) is 0 Å². The summed E-state index contributed by atoms with van der Waals surface area (Å²) in [6, 6.07) is 5.48. The first-order valence-electron chi connectivity index (χ1n) is 6.54. The molecule has 0 bridgehead atoms. The van der Waals surface area contributed by atoms with Crippen molar-refractivity contribution in [2.45, 2.75) is 39.3 Å². The molecule has 1 aromatic carbocycles. The zero-order chi connectivity index (χ0) is 14.7. The zero-order valence-electron chi connectivity index (χ0n) is 11.7. The lowest BCUT2D eigenvalue weighted by Gasteiger charge is -2.19. The molecule has 0 spiro atoms. The summed E-state index contributed by atoms with van der Waals surface area (Å²) < 4.78 is 5.23. The number of hydrogen-bond acceptors (Lipinski definition) is 4. The van der Waals surface area contributed by atoms with Crippen molar-refractivity contribution in [2.24, 2.45) is 0 Å². The minimum atomic E-state index is -0.0513. The molecular weight excluding hydrogens is 297 g/mol. The summed E-state index contributed by atoms with van der Waals surface area (Å²) in [6.07, 6.45) is 0.759. The van der Waals surface area contributed by atoms with Crippen molar-refractivity contribution >= 4 is 23.2 Å². The Hall–Kier alpha value is -1.10. The highest BCUT2D eigenvalue weighted by Gasteiger charge is 2.18. The van der Waals surface area contributed by atoms with Gasteiger partial charge in [-0.05, 0) is 31.5 Å². The van der Waals surface area contributed by atoms with Gasteiger partial charge in [0, 0.05) is 22.5 Å². The van der Waals surface area contributed by atoms with Crippen molar-refractivity contribution in [3.05, 3.63) is 45.5 Å². The van der Waals surface area contributed by atoms with Gasteiger partial charge in [-0.1, -0.05) is 41.3 Å². The van der Waals surface area contributed by atoms with Gasteiger partial charge in [0.25, 0.3) is 0 Å². The third-order valence-corrected chi connectivity index (χ3v) is 3.66. The Balaban J connectivity index is 2.08. The second kappa shape index (κ2) is 6.57. The summed E-state index contributed by atoms with van der Waals surface area (Å²) in [7, 11) is 0. The fourth-order valence-corrected chi connectivity index (χ4v) is 2.55.